The van der Waals surface area contributed by atoms with E-state index in [1.54, 1.807) is 0 Å². The normalized spacial score (nSPS) is 11.0. The number of carboxylic acids is 1. The predicted molar refractivity (Wildman–Crippen MR) is 70.7 cm³/mol. The maximum atomic E-state index is 10.5. The van der Waals surface area contributed by atoms with E-state index in [0.717, 1.165) is 35.3 Å². The fraction of sp³-hybridized carbons (Fsp3) is 0.429. The number of carboxylic acid groups (broad SMARTS) is 1. The number of aliphatic carboxylic acids is 1. The summed E-state index contributed by atoms with van der Waals surface area (Å²) in [6.45, 7) is 2.09. The van der Waals surface area contributed by atoms with Gasteiger partial charge in [-0.05, 0) is 30.5 Å². The van der Waals surface area contributed by atoms with Crippen molar-refractivity contribution < 1.29 is 9.90 Å². The van der Waals surface area contributed by atoms with E-state index in [-0.39, 0.29) is 6.42 Å². The van der Waals surface area contributed by atoms with Crippen molar-refractivity contribution in [2.75, 3.05) is 0 Å². The van der Waals surface area contributed by atoms with Crippen LogP contribution < -0.4 is 0 Å². The average molecular weight is 246 g/mol. The lowest BCUT2D eigenvalue weighted by molar-refractivity contribution is -0.137. The Labute approximate surface area is 106 Å². The van der Waals surface area contributed by atoms with E-state index in [4.69, 9.17) is 5.11 Å². The highest BCUT2D eigenvalue weighted by molar-refractivity contribution is 5.76. The van der Waals surface area contributed by atoms with Gasteiger partial charge in [0.25, 0.3) is 0 Å². The molecule has 0 spiro atoms. The summed E-state index contributed by atoms with van der Waals surface area (Å²) in [5.74, 6) is 0.342. The Kier molecular flexibility index (Phi) is 3.65. The van der Waals surface area contributed by atoms with Crippen LogP contribution in [0.3, 0.4) is 0 Å². The summed E-state index contributed by atoms with van der Waals surface area (Å²) >= 11 is 0. The number of aryl methyl sites for hydroxylation is 3. The van der Waals surface area contributed by atoms with E-state index >= 15 is 0 Å². The van der Waals surface area contributed by atoms with Gasteiger partial charge in [-0.2, -0.15) is 0 Å². The lowest BCUT2D eigenvalue weighted by Gasteiger charge is -2.01. The summed E-state index contributed by atoms with van der Waals surface area (Å²) in [4.78, 5) is 15.1. The second-order valence-electron chi connectivity index (χ2n) is 4.51. The van der Waals surface area contributed by atoms with Gasteiger partial charge in [-0.1, -0.05) is 13.0 Å². The second kappa shape index (κ2) is 5.21. The molecule has 96 valence electrons. The first-order valence-corrected chi connectivity index (χ1v) is 6.28. The van der Waals surface area contributed by atoms with Crippen LogP contribution in [0, 0.1) is 0 Å². The maximum Gasteiger partial charge on any atom is 0.303 e. The van der Waals surface area contributed by atoms with Crippen molar-refractivity contribution in [3.05, 3.63) is 29.6 Å². The third-order valence-corrected chi connectivity index (χ3v) is 3.21. The van der Waals surface area contributed by atoms with Gasteiger partial charge in [0.2, 0.25) is 0 Å². The van der Waals surface area contributed by atoms with Gasteiger partial charge in [-0.25, -0.2) is 4.98 Å². The van der Waals surface area contributed by atoms with Crippen LogP contribution in [0.2, 0.25) is 0 Å². The molecule has 18 heavy (non-hydrogen) atoms. The topological polar surface area (TPSA) is 55.1 Å². The van der Waals surface area contributed by atoms with E-state index in [9.17, 15) is 4.79 Å². The molecule has 2 rings (SSSR count). The molecule has 0 radical (unpaired) electrons. The summed E-state index contributed by atoms with van der Waals surface area (Å²) in [5.41, 5.74) is 3.29. The van der Waals surface area contributed by atoms with Crippen LogP contribution in [-0.2, 0) is 24.7 Å². The highest BCUT2D eigenvalue weighted by Crippen LogP contribution is 2.18. The first-order valence-electron chi connectivity index (χ1n) is 6.28. The van der Waals surface area contributed by atoms with Gasteiger partial charge in [0.1, 0.15) is 5.82 Å². The van der Waals surface area contributed by atoms with Gasteiger partial charge in [-0.3, -0.25) is 4.79 Å². The van der Waals surface area contributed by atoms with Crippen molar-refractivity contribution in [2.45, 2.75) is 32.6 Å². The number of carbonyl (C=O) groups is 1. The minimum absolute atomic E-state index is 0.223. The van der Waals surface area contributed by atoms with E-state index in [1.165, 1.54) is 0 Å². The van der Waals surface area contributed by atoms with E-state index in [1.807, 2.05) is 7.05 Å². The highest BCUT2D eigenvalue weighted by atomic mass is 16.4. The molecule has 0 amide bonds. The number of nitrogens with zero attached hydrogens (tertiary/aromatic N) is 2. The van der Waals surface area contributed by atoms with E-state index < -0.39 is 5.97 Å². The fourth-order valence-corrected chi connectivity index (χ4v) is 2.21. The number of benzene rings is 1. The van der Waals surface area contributed by atoms with Crippen molar-refractivity contribution >= 4 is 17.0 Å². The molecule has 1 N–H and O–H groups in total. The van der Waals surface area contributed by atoms with Gasteiger partial charge >= 0.3 is 5.97 Å². The summed E-state index contributed by atoms with van der Waals surface area (Å²) < 4.78 is 2.11. The number of fused-ring (bicyclic) bond motifs is 1. The molecule has 1 heterocycles. The first kappa shape index (κ1) is 12.6. The maximum absolute atomic E-state index is 10.5. The lowest BCUT2D eigenvalue weighted by atomic mass is 10.1. The molecular weight excluding hydrogens is 228 g/mol. The standard InChI is InChI=1S/C14H18N2O2/c1-3-13-15-11-9-10(5-4-6-14(17)18)7-8-12(11)16(13)2/h7-9H,3-6H2,1-2H3,(H,17,18). The largest absolute Gasteiger partial charge is 0.481 e. The van der Waals surface area contributed by atoms with Crippen LogP contribution >= 0.6 is 0 Å². The van der Waals surface area contributed by atoms with Crippen molar-refractivity contribution in [1.29, 1.82) is 0 Å². The van der Waals surface area contributed by atoms with Crippen LogP contribution in [0.25, 0.3) is 11.0 Å². The average Bonchev–Trinajstić information content (AvgIpc) is 2.65. The van der Waals surface area contributed by atoms with Crippen LogP contribution in [0.15, 0.2) is 18.2 Å². The molecule has 0 aliphatic rings. The molecule has 0 saturated carbocycles. The zero-order chi connectivity index (χ0) is 13.1. The van der Waals surface area contributed by atoms with Crippen LogP contribution in [0.4, 0.5) is 0 Å². The molecule has 1 aromatic heterocycles. The predicted octanol–water partition coefficient (Wildman–Crippen LogP) is 2.54. The molecule has 2 aromatic rings. The SMILES string of the molecule is CCc1nc2cc(CCCC(=O)O)ccc2n1C. The van der Waals surface area contributed by atoms with Gasteiger partial charge in [0.05, 0.1) is 11.0 Å². The molecule has 1 aromatic carbocycles. The van der Waals surface area contributed by atoms with Crippen molar-refractivity contribution in [3.63, 3.8) is 0 Å². The number of hydrogen-bond acceptors (Lipinski definition) is 2. The summed E-state index contributed by atoms with van der Waals surface area (Å²) in [5, 5.41) is 8.62. The van der Waals surface area contributed by atoms with E-state index in [0.29, 0.717) is 6.42 Å². The third kappa shape index (κ3) is 2.53. The smallest absolute Gasteiger partial charge is 0.303 e. The van der Waals surface area contributed by atoms with Crippen molar-refractivity contribution in [2.24, 2.45) is 7.05 Å². The van der Waals surface area contributed by atoms with Gasteiger partial charge in [0.15, 0.2) is 0 Å². The Morgan fingerprint density at radius 1 is 1.44 bits per heavy atom. The zero-order valence-electron chi connectivity index (χ0n) is 10.8. The third-order valence-electron chi connectivity index (χ3n) is 3.21. The molecule has 0 fully saturated rings. The first-order chi connectivity index (χ1) is 8.61. The van der Waals surface area contributed by atoms with Crippen LogP contribution in [-0.4, -0.2) is 20.6 Å². The molecule has 0 aliphatic heterocycles. The number of rotatable bonds is 5. The van der Waals surface area contributed by atoms with Crippen molar-refractivity contribution in [3.8, 4) is 0 Å². The monoisotopic (exact) mass is 246 g/mol. The molecular formula is C14H18N2O2. The minimum Gasteiger partial charge on any atom is -0.481 e. The van der Waals surface area contributed by atoms with Gasteiger partial charge < -0.3 is 9.67 Å². The Morgan fingerprint density at radius 3 is 2.89 bits per heavy atom. The van der Waals surface area contributed by atoms with Gasteiger partial charge in [-0.15, -0.1) is 0 Å². The molecule has 0 unspecified atom stereocenters. The van der Waals surface area contributed by atoms with Crippen LogP contribution in [0.1, 0.15) is 31.2 Å². The second-order valence-corrected chi connectivity index (χ2v) is 4.51. The number of hydrogen-bond donors (Lipinski definition) is 1. The zero-order valence-corrected chi connectivity index (χ0v) is 10.8. The Morgan fingerprint density at radius 2 is 2.22 bits per heavy atom. The highest BCUT2D eigenvalue weighted by Gasteiger charge is 2.07. The Hall–Kier alpha value is -1.84. The molecule has 0 bridgehead atoms. The molecule has 0 atom stereocenters. The molecule has 0 saturated heterocycles. The lowest BCUT2D eigenvalue weighted by Crippen LogP contribution is -1.96. The van der Waals surface area contributed by atoms with Crippen molar-refractivity contribution in [1.82, 2.24) is 9.55 Å². The molecule has 0 aliphatic carbocycles. The number of imidazole rings is 1. The molecule has 4 heteroatoms. The molecule has 4 nitrogen and oxygen atoms in total. The summed E-state index contributed by atoms with van der Waals surface area (Å²) in [7, 11) is 2.03. The minimum atomic E-state index is -0.734. The fourth-order valence-electron chi connectivity index (χ4n) is 2.21. The number of aromatic nitrogens is 2. The van der Waals surface area contributed by atoms with Gasteiger partial charge in [0, 0.05) is 19.9 Å². The summed E-state index contributed by atoms with van der Waals surface area (Å²) in [6.07, 6.45) is 2.61. The quantitative estimate of drug-likeness (QED) is 0.882. The van der Waals surface area contributed by atoms with E-state index in [2.05, 4.69) is 34.7 Å². The van der Waals surface area contributed by atoms with Crippen LogP contribution in [0.5, 0.6) is 0 Å². The Bertz CT molecular complexity index is 572. The summed E-state index contributed by atoms with van der Waals surface area (Å²) in [6, 6.07) is 6.19. The Balaban J connectivity index is 2.19.